The fourth-order valence-corrected chi connectivity index (χ4v) is 1.20. The molecule has 2 N–H and O–H groups in total. The van der Waals surface area contributed by atoms with Crippen LogP contribution >= 0.6 is 0 Å². The third-order valence-electron chi connectivity index (χ3n) is 1.91. The lowest BCUT2D eigenvalue weighted by Crippen LogP contribution is -2.16. The first-order valence-electron chi connectivity index (χ1n) is 5.16. The number of carbonyl (C=O) groups excluding carboxylic acids is 1. The average molecular weight is 211 g/mol. The predicted molar refractivity (Wildman–Crippen MR) is 56.2 cm³/mol. The van der Waals surface area contributed by atoms with Crippen molar-refractivity contribution in [2.75, 3.05) is 13.2 Å². The number of carbonyl (C=O) groups is 1. The van der Waals surface area contributed by atoms with E-state index < -0.39 is 0 Å². The Bertz CT molecular complexity index is 272. The fraction of sp³-hybridized carbons (Fsp3) is 0.600. The summed E-state index contributed by atoms with van der Waals surface area (Å²) in [6.45, 7) is 3.83. The second kappa shape index (κ2) is 7.00. The number of nitrogens with one attached hydrogen (secondary N) is 2. The van der Waals surface area contributed by atoms with E-state index >= 15 is 0 Å². The van der Waals surface area contributed by atoms with Crippen LogP contribution < -0.4 is 5.32 Å². The molecule has 0 aromatic carbocycles. The Morgan fingerprint density at radius 3 is 3.20 bits per heavy atom. The van der Waals surface area contributed by atoms with Gasteiger partial charge in [-0.1, -0.05) is 0 Å². The van der Waals surface area contributed by atoms with Crippen LogP contribution in [0.25, 0.3) is 0 Å². The van der Waals surface area contributed by atoms with Gasteiger partial charge in [0.15, 0.2) is 0 Å². The molecular formula is C10H17N3O2. The van der Waals surface area contributed by atoms with Gasteiger partial charge in [0, 0.05) is 24.9 Å². The second-order valence-electron chi connectivity index (χ2n) is 3.16. The highest BCUT2D eigenvalue weighted by Gasteiger charge is 2.00. The minimum Gasteiger partial charge on any atom is -0.466 e. The number of aromatic nitrogens is 2. The van der Waals surface area contributed by atoms with Crippen LogP contribution in [-0.2, 0) is 16.1 Å². The molecule has 0 radical (unpaired) electrons. The maximum absolute atomic E-state index is 11.0. The summed E-state index contributed by atoms with van der Waals surface area (Å²) < 4.78 is 4.81. The van der Waals surface area contributed by atoms with E-state index in [-0.39, 0.29) is 5.97 Å². The largest absolute Gasteiger partial charge is 0.466 e. The molecule has 0 atom stereocenters. The number of ether oxygens (including phenoxy) is 1. The molecule has 1 rings (SSSR count). The van der Waals surface area contributed by atoms with E-state index in [2.05, 4.69) is 15.3 Å². The molecule has 0 spiro atoms. The van der Waals surface area contributed by atoms with Crippen LogP contribution in [0.4, 0.5) is 0 Å². The monoisotopic (exact) mass is 211 g/mol. The van der Waals surface area contributed by atoms with Crippen molar-refractivity contribution in [1.29, 1.82) is 0 Å². The van der Waals surface area contributed by atoms with Gasteiger partial charge in [-0.25, -0.2) is 4.98 Å². The highest BCUT2D eigenvalue weighted by atomic mass is 16.5. The van der Waals surface area contributed by atoms with E-state index in [1.165, 1.54) is 0 Å². The molecule has 5 heteroatoms. The summed E-state index contributed by atoms with van der Waals surface area (Å²) in [5, 5.41) is 3.21. The van der Waals surface area contributed by atoms with Crippen LogP contribution in [0.3, 0.4) is 0 Å². The minimum absolute atomic E-state index is 0.124. The summed E-state index contributed by atoms with van der Waals surface area (Å²) in [5.41, 5.74) is 1.05. The van der Waals surface area contributed by atoms with Crippen molar-refractivity contribution in [3.05, 3.63) is 18.2 Å². The Balaban J connectivity index is 1.95. The van der Waals surface area contributed by atoms with Gasteiger partial charge in [-0.05, 0) is 19.9 Å². The Morgan fingerprint density at radius 1 is 1.67 bits per heavy atom. The molecule has 0 bridgehead atoms. The molecule has 0 aliphatic carbocycles. The number of imidazole rings is 1. The number of hydrogen-bond acceptors (Lipinski definition) is 4. The number of hydrogen-bond donors (Lipinski definition) is 2. The zero-order chi connectivity index (χ0) is 10.9. The quantitative estimate of drug-likeness (QED) is 0.518. The summed E-state index contributed by atoms with van der Waals surface area (Å²) >= 11 is 0. The molecule has 1 aromatic rings. The molecule has 15 heavy (non-hydrogen) atoms. The Kier molecular flexibility index (Phi) is 5.47. The predicted octanol–water partition coefficient (Wildman–Crippen LogP) is 0.843. The van der Waals surface area contributed by atoms with Crippen molar-refractivity contribution in [3.63, 3.8) is 0 Å². The third-order valence-corrected chi connectivity index (χ3v) is 1.91. The summed E-state index contributed by atoms with van der Waals surface area (Å²) in [6, 6.07) is 0. The minimum atomic E-state index is -0.124. The lowest BCUT2D eigenvalue weighted by atomic mass is 10.3. The first kappa shape index (κ1) is 11.7. The lowest BCUT2D eigenvalue weighted by molar-refractivity contribution is -0.143. The molecule has 0 saturated heterocycles. The molecule has 0 aliphatic rings. The molecule has 84 valence electrons. The first-order valence-corrected chi connectivity index (χ1v) is 5.16. The number of esters is 1. The molecule has 5 nitrogen and oxygen atoms in total. The number of aromatic amines is 1. The van der Waals surface area contributed by atoms with Gasteiger partial charge in [-0.2, -0.15) is 0 Å². The third kappa shape index (κ3) is 5.17. The van der Waals surface area contributed by atoms with E-state index in [9.17, 15) is 4.79 Å². The van der Waals surface area contributed by atoms with Crippen LogP contribution in [0.15, 0.2) is 12.5 Å². The lowest BCUT2D eigenvalue weighted by Gasteiger charge is -2.03. The van der Waals surface area contributed by atoms with Gasteiger partial charge in [-0.15, -0.1) is 0 Å². The molecule has 0 saturated carbocycles. The van der Waals surface area contributed by atoms with E-state index in [1.807, 2.05) is 6.92 Å². The van der Waals surface area contributed by atoms with Gasteiger partial charge in [0.1, 0.15) is 0 Å². The smallest absolute Gasteiger partial charge is 0.305 e. The van der Waals surface area contributed by atoms with Crippen LogP contribution in [0, 0.1) is 0 Å². The normalized spacial score (nSPS) is 10.2. The maximum Gasteiger partial charge on any atom is 0.305 e. The van der Waals surface area contributed by atoms with Gasteiger partial charge < -0.3 is 15.0 Å². The van der Waals surface area contributed by atoms with Crippen LogP contribution in [0.5, 0.6) is 0 Å². The van der Waals surface area contributed by atoms with Crippen molar-refractivity contribution in [2.45, 2.75) is 26.3 Å². The van der Waals surface area contributed by atoms with E-state index in [0.717, 1.165) is 25.2 Å². The first-order chi connectivity index (χ1) is 7.33. The fourth-order valence-electron chi connectivity index (χ4n) is 1.20. The van der Waals surface area contributed by atoms with Gasteiger partial charge >= 0.3 is 5.97 Å². The zero-order valence-corrected chi connectivity index (χ0v) is 8.95. The Morgan fingerprint density at radius 2 is 2.53 bits per heavy atom. The Labute approximate surface area is 89.2 Å². The molecular weight excluding hydrogens is 194 g/mol. The summed E-state index contributed by atoms with van der Waals surface area (Å²) in [4.78, 5) is 17.9. The number of H-pyrrole nitrogens is 1. The highest BCUT2D eigenvalue weighted by molar-refractivity contribution is 5.69. The molecule has 0 unspecified atom stereocenters. The second-order valence-corrected chi connectivity index (χ2v) is 3.16. The summed E-state index contributed by atoms with van der Waals surface area (Å²) in [7, 11) is 0. The molecule has 0 aliphatic heterocycles. The van der Waals surface area contributed by atoms with Crippen LogP contribution in [0.2, 0.25) is 0 Å². The van der Waals surface area contributed by atoms with Crippen molar-refractivity contribution in [3.8, 4) is 0 Å². The summed E-state index contributed by atoms with van der Waals surface area (Å²) in [6.07, 6.45) is 4.70. The van der Waals surface area contributed by atoms with E-state index in [4.69, 9.17) is 4.74 Å². The van der Waals surface area contributed by atoms with Gasteiger partial charge in [0.25, 0.3) is 0 Å². The van der Waals surface area contributed by atoms with Crippen molar-refractivity contribution in [1.82, 2.24) is 15.3 Å². The van der Waals surface area contributed by atoms with Crippen molar-refractivity contribution in [2.24, 2.45) is 0 Å². The van der Waals surface area contributed by atoms with Crippen LogP contribution in [-0.4, -0.2) is 29.1 Å². The number of nitrogens with zero attached hydrogens (tertiary/aromatic N) is 1. The van der Waals surface area contributed by atoms with Gasteiger partial charge in [-0.3, -0.25) is 4.79 Å². The van der Waals surface area contributed by atoms with Crippen molar-refractivity contribution >= 4 is 5.97 Å². The topological polar surface area (TPSA) is 67.0 Å². The van der Waals surface area contributed by atoms with E-state index in [1.54, 1.807) is 12.5 Å². The highest BCUT2D eigenvalue weighted by Crippen LogP contribution is 1.93. The SMILES string of the molecule is CCOC(=O)CCCNCc1cnc[nH]1. The maximum atomic E-state index is 11.0. The van der Waals surface area contributed by atoms with Gasteiger partial charge in [0.2, 0.25) is 0 Å². The van der Waals surface area contributed by atoms with Crippen molar-refractivity contribution < 1.29 is 9.53 Å². The average Bonchev–Trinajstić information content (AvgIpc) is 2.70. The molecule has 1 aromatic heterocycles. The molecule has 0 fully saturated rings. The molecule has 0 amide bonds. The standard InChI is InChI=1S/C10H17N3O2/c1-2-15-10(14)4-3-5-11-6-9-7-12-8-13-9/h7-8,11H,2-6H2,1H3,(H,12,13). The zero-order valence-electron chi connectivity index (χ0n) is 8.95. The summed E-state index contributed by atoms with van der Waals surface area (Å²) in [5.74, 6) is -0.124. The number of rotatable bonds is 7. The Hall–Kier alpha value is -1.36. The van der Waals surface area contributed by atoms with Gasteiger partial charge in [0.05, 0.1) is 12.9 Å². The van der Waals surface area contributed by atoms with Crippen LogP contribution in [0.1, 0.15) is 25.5 Å². The molecule has 1 heterocycles. The van der Waals surface area contributed by atoms with E-state index in [0.29, 0.717) is 13.0 Å².